The van der Waals surface area contributed by atoms with E-state index in [-0.39, 0.29) is 29.6 Å². The third-order valence-corrected chi connectivity index (χ3v) is 8.50. The van der Waals surface area contributed by atoms with E-state index in [9.17, 15) is 23.3 Å². The molecule has 2 aromatic rings. The number of hydrogen-bond donors (Lipinski definition) is 0. The van der Waals surface area contributed by atoms with Gasteiger partial charge in [0, 0.05) is 48.6 Å². The SMILES string of the molecule is O=C(c1csc2c1CCCC2)N1CCN(S(=O)(=O)c2ccc([N+](=O)[O-])cc2)CC1. The van der Waals surface area contributed by atoms with Gasteiger partial charge in [0.15, 0.2) is 0 Å². The Kier molecular flexibility index (Phi) is 5.41. The first kappa shape index (κ1) is 20.0. The number of sulfonamides is 1. The van der Waals surface area contributed by atoms with Crippen molar-refractivity contribution >= 4 is 33.0 Å². The molecule has 0 atom stereocenters. The number of nitro benzene ring substituents is 1. The van der Waals surface area contributed by atoms with Gasteiger partial charge in [-0.25, -0.2) is 8.42 Å². The molecule has 0 saturated carbocycles. The lowest BCUT2D eigenvalue weighted by atomic mass is 9.95. The number of amides is 1. The first-order chi connectivity index (χ1) is 13.9. The molecule has 1 saturated heterocycles. The molecule has 1 amide bonds. The van der Waals surface area contributed by atoms with Crippen LogP contribution in [0.5, 0.6) is 0 Å². The zero-order valence-electron chi connectivity index (χ0n) is 15.7. The predicted octanol–water partition coefficient (Wildman–Crippen LogP) is 2.68. The molecule has 10 heteroatoms. The van der Waals surface area contributed by atoms with Gasteiger partial charge in [0.25, 0.3) is 11.6 Å². The lowest BCUT2D eigenvalue weighted by Crippen LogP contribution is -2.50. The van der Waals surface area contributed by atoms with Gasteiger partial charge in [0.05, 0.1) is 15.4 Å². The van der Waals surface area contributed by atoms with Crippen molar-refractivity contribution in [1.29, 1.82) is 0 Å². The Bertz CT molecular complexity index is 1040. The average molecular weight is 436 g/mol. The van der Waals surface area contributed by atoms with Crippen LogP contribution < -0.4 is 0 Å². The molecule has 0 N–H and O–H groups in total. The zero-order chi connectivity index (χ0) is 20.6. The topological polar surface area (TPSA) is 101 Å². The Morgan fingerprint density at radius 3 is 2.34 bits per heavy atom. The third-order valence-electron chi connectivity index (χ3n) is 5.50. The number of hydrogen-bond acceptors (Lipinski definition) is 6. The van der Waals surface area contributed by atoms with Gasteiger partial charge >= 0.3 is 0 Å². The monoisotopic (exact) mass is 435 g/mol. The lowest BCUT2D eigenvalue weighted by Gasteiger charge is -2.34. The van der Waals surface area contributed by atoms with E-state index in [0.29, 0.717) is 13.1 Å². The van der Waals surface area contributed by atoms with Crippen molar-refractivity contribution in [1.82, 2.24) is 9.21 Å². The number of nitro groups is 1. The molecule has 8 nitrogen and oxygen atoms in total. The quantitative estimate of drug-likeness (QED) is 0.543. The minimum absolute atomic E-state index is 0.0169. The van der Waals surface area contributed by atoms with Gasteiger partial charge < -0.3 is 4.90 Å². The van der Waals surface area contributed by atoms with E-state index in [1.54, 1.807) is 16.2 Å². The van der Waals surface area contributed by atoms with Crippen LogP contribution in [-0.2, 0) is 22.9 Å². The van der Waals surface area contributed by atoms with E-state index < -0.39 is 14.9 Å². The first-order valence-corrected chi connectivity index (χ1v) is 11.8. The molecule has 2 heterocycles. The maximum absolute atomic E-state index is 13.0. The van der Waals surface area contributed by atoms with E-state index in [1.165, 1.54) is 45.4 Å². The highest BCUT2D eigenvalue weighted by atomic mass is 32.2. The van der Waals surface area contributed by atoms with Gasteiger partial charge in [-0.2, -0.15) is 4.31 Å². The number of nitrogens with zero attached hydrogens (tertiary/aromatic N) is 3. The van der Waals surface area contributed by atoms with Crippen molar-refractivity contribution in [3.8, 4) is 0 Å². The molecular weight excluding hydrogens is 414 g/mol. The lowest BCUT2D eigenvalue weighted by molar-refractivity contribution is -0.384. The largest absolute Gasteiger partial charge is 0.336 e. The summed E-state index contributed by atoms with van der Waals surface area (Å²) >= 11 is 1.65. The second-order valence-corrected chi connectivity index (χ2v) is 10.1. The fourth-order valence-electron chi connectivity index (χ4n) is 3.86. The van der Waals surface area contributed by atoms with Gasteiger partial charge in [-0.1, -0.05) is 0 Å². The van der Waals surface area contributed by atoms with Gasteiger partial charge in [-0.15, -0.1) is 11.3 Å². The van der Waals surface area contributed by atoms with Gasteiger partial charge in [-0.3, -0.25) is 14.9 Å². The average Bonchev–Trinajstić information content (AvgIpc) is 3.17. The van der Waals surface area contributed by atoms with Crippen LogP contribution in [0.1, 0.15) is 33.6 Å². The Hall–Kier alpha value is -2.30. The van der Waals surface area contributed by atoms with Crippen LogP contribution in [0, 0.1) is 10.1 Å². The summed E-state index contributed by atoms with van der Waals surface area (Å²) in [5, 5.41) is 12.7. The number of rotatable bonds is 4. The number of carbonyl (C=O) groups is 1. The molecular formula is C19H21N3O5S2. The van der Waals surface area contributed by atoms with Crippen LogP contribution in [0.15, 0.2) is 34.5 Å². The standard InChI is InChI=1S/C19H21N3O5S2/c23-19(17-13-28-18-4-2-1-3-16(17)18)20-9-11-21(12-10-20)29(26,27)15-7-5-14(6-8-15)22(24)25/h5-8,13H,1-4,9-12H2. The van der Waals surface area contributed by atoms with E-state index in [2.05, 4.69) is 0 Å². The number of carbonyl (C=O) groups excluding carboxylic acids is 1. The van der Waals surface area contributed by atoms with Gasteiger partial charge in [0.2, 0.25) is 10.0 Å². The van der Waals surface area contributed by atoms with Crippen molar-refractivity contribution in [2.45, 2.75) is 30.6 Å². The summed E-state index contributed by atoms with van der Waals surface area (Å²) in [5.41, 5.74) is 1.79. The summed E-state index contributed by atoms with van der Waals surface area (Å²) in [7, 11) is -3.75. The minimum Gasteiger partial charge on any atom is -0.336 e. The summed E-state index contributed by atoms with van der Waals surface area (Å²) in [6.07, 6.45) is 4.24. The highest BCUT2D eigenvalue weighted by molar-refractivity contribution is 7.89. The van der Waals surface area contributed by atoms with Gasteiger partial charge in [0.1, 0.15) is 0 Å². The molecule has 1 aliphatic carbocycles. The van der Waals surface area contributed by atoms with Gasteiger partial charge in [-0.05, 0) is 43.4 Å². The molecule has 2 aliphatic rings. The first-order valence-electron chi connectivity index (χ1n) is 9.51. The van der Waals surface area contributed by atoms with Crippen molar-refractivity contribution in [2.24, 2.45) is 0 Å². The second-order valence-electron chi connectivity index (χ2n) is 7.21. The van der Waals surface area contributed by atoms with Crippen molar-refractivity contribution in [3.05, 3.63) is 55.8 Å². The zero-order valence-corrected chi connectivity index (χ0v) is 17.4. The molecule has 1 aliphatic heterocycles. The van der Waals surface area contributed by atoms with Crippen LogP contribution in [0.25, 0.3) is 0 Å². The Balaban J connectivity index is 1.44. The van der Waals surface area contributed by atoms with E-state index in [1.807, 2.05) is 5.38 Å². The summed E-state index contributed by atoms with van der Waals surface area (Å²) < 4.78 is 27.0. The van der Waals surface area contributed by atoms with Crippen molar-refractivity contribution in [2.75, 3.05) is 26.2 Å². The molecule has 29 heavy (non-hydrogen) atoms. The maximum Gasteiger partial charge on any atom is 0.269 e. The van der Waals surface area contributed by atoms with Crippen molar-refractivity contribution in [3.63, 3.8) is 0 Å². The second kappa shape index (κ2) is 7.85. The molecule has 1 aromatic heterocycles. The number of thiophene rings is 1. The van der Waals surface area contributed by atoms with Crippen LogP contribution in [-0.4, -0.2) is 54.6 Å². The summed E-state index contributed by atoms with van der Waals surface area (Å²) in [6.45, 7) is 1.07. The third kappa shape index (κ3) is 3.79. The van der Waals surface area contributed by atoms with E-state index in [4.69, 9.17) is 0 Å². The molecule has 154 valence electrons. The fraction of sp³-hybridized carbons (Fsp3) is 0.421. The molecule has 4 rings (SSSR count). The summed E-state index contributed by atoms with van der Waals surface area (Å²) in [6, 6.07) is 4.88. The maximum atomic E-state index is 13.0. The predicted molar refractivity (Wildman–Crippen MR) is 109 cm³/mol. The summed E-state index contributed by atoms with van der Waals surface area (Å²) in [4.78, 5) is 26.2. The fourth-order valence-corrected chi connectivity index (χ4v) is 6.41. The minimum atomic E-state index is -3.75. The number of aryl methyl sites for hydroxylation is 1. The number of benzene rings is 1. The number of piperazine rings is 1. The Morgan fingerprint density at radius 2 is 1.69 bits per heavy atom. The van der Waals surface area contributed by atoms with Crippen LogP contribution in [0.4, 0.5) is 5.69 Å². The molecule has 0 unspecified atom stereocenters. The van der Waals surface area contributed by atoms with E-state index in [0.717, 1.165) is 24.8 Å². The van der Waals surface area contributed by atoms with Crippen molar-refractivity contribution < 1.29 is 18.1 Å². The molecule has 1 aromatic carbocycles. The van der Waals surface area contributed by atoms with E-state index >= 15 is 0 Å². The molecule has 0 spiro atoms. The van der Waals surface area contributed by atoms with Crippen LogP contribution in [0.3, 0.4) is 0 Å². The molecule has 0 bridgehead atoms. The highest BCUT2D eigenvalue weighted by Crippen LogP contribution is 2.31. The number of fused-ring (bicyclic) bond motifs is 1. The van der Waals surface area contributed by atoms with Crippen LogP contribution >= 0.6 is 11.3 Å². The normalized spacial score (nSPS) is 17.7. The molecule has 0 radical (unpaired) electrons. The van der Waals surface area contributed by atoms with Crippen LogP contribution in [0.2, 0.25) is 0 Å². The Morgan fingerprint density at radius 1 is 1.03 bits per heavy atom. The smallest absolute Gasteiger partial charge is 0.269 e. The highest BCUT2D eigenvalue weighted by Gasteiger charge is 2.32. The number of non-ortho nitro benzene ring substituents is 1. The molecule has 1 fully saturated rings. The Labute approximate surface area is 172 Å². The summed E-state index contributed by atoms with van der Waals surface area (Å²) in [5.74, 6) is -0.0169.